The van der Waals surface area contributed by atoms with E-state index in [0.29, 0.717) is 12.1 Å². The molecule has 0 unspecified atom stereocenters. The van der Waals surface area contributed by atoms with E-state index in [0.717, 1.165) is 41.9 Å². The number of benzene rings is 2. The summed E-state index contributed by atoms with van der Waals surface area (Å²) in [4.78, 5) is 14.3. The Morgan fingerprint density at radius 3 is 2.96 bits per heavy atom. The van der Waals surface area contributed by atoms with Crippen LogP contribution >= 0.6 is 0 Å². The van der Waals surface area contributed by atoms with Crippen molar-refractivity contribution in [2.45, 2.75) is 26.3 Å². The Morgan fingerprint density at radius 2 is 2.17 bits per heavy atom. The number of nitrogens with zero attached hydrogens (tertiary/aromatic N) is 1. The van der Waals surface area contributed by atoms with Gasteiger partial charge in [-0.3, -0.25) is 4.79 Å². The average Bonchev–Trinajstić information content (AvgIpc) is 2.57. The van der Waals surface area contributed by atoms with Gasteiger partial charge in [-0.05, 0) is 54.7 Å². The molecule has 3 rings (SSSR count). The number of fused-ring (bicyclic) bond motifs is 1. The zero-order valence-corrected chi connectivity index (χ0v) is 13.8. The monoisotopic (exact) mass is 327 g/mol. The van der Waals surface area contributed by atoms with E-state index in [1.165, 1.54) is 6.07 Å². The number of hydrogen-bond acceptors (Lipinski definition) is 3. The van der Waals surface area contributed by atoms with Gasteiger partial charge in [-0.1, -0.05) is 18.2 Å². The number of halogens is 1. The molecule has 1 aliphatic rings. The van der Waals surface area contributed by atoms with Crippen molar-refractivity contribution in [3.63, 3.8) is 0 Å². The maximum atomic E-state index is 13.5. The molecule has 0 saturated carbocycles. The number of nitrogens with two attached hydrogens (primary N) is 1. The first kappa shape index (κ1) is 16.3. The zero-order valence-electron chi connectivity index (χ0n) is 13.8. The first-order valence-corrected chi connectivity index (χ1v) is 8.18. The van der Waals surface area contributed by atoms with Crippen LogP contribution < -0.4 is 16.0 Å². The number of hydrogen-bond donors (Lipinski definition) is 2. The van der Waals surface area contributed by atoms with E-state index in [9.17, 15) is 9.18 Å². The number of anilines is 2. The molecular weight excluding hydrogens is 305 g/mol. The molecule has 0 atom stereocenters. The SMILES string of the molecule is Cc1ccc(CNC(=O)CN2CCCc3c(N)cccc32)cc1F. The fourth-order valence-electron chi connectivity index (χ4n) is 3.07. The number of carbonyl (C=O) groups excluding carboxylic acids is 1. The molecule has 0 fully saturated rings. The van der Waals surface area contributed by atoms with Gasteiger partial charge in [0.2, 0.25) is 5.91 Å². The van der Waals surface area contributed by atoms with Gasteiger partial charge < -0.3 is 16.0 Å². The molecule has 0 radical (unpaired) electrons. The summed E-state index contributed by atoms with van der Waals surface area (Å²) in [6.45, 7) is 3.17. The third-order valence-corrected chi connectivity index (χ3v) is 4.44. The Morgan fingerprint density at radius 1 is 1.33 bits per heavy atom. The second-order valence-electron chi connectivity index (χ2n) is 6.23. The van der Waals surface area contributed by atoms with Crippen molar-refractivity contribution in [2.75, 3.05) is 23.7 Å². The molecule has 3 N–H and O–H groups in total. The molecule has 0 bridgehead atoms. The third-order valence-electron chi connectivity index (χ3n) is 4.44. The highest BCUT2D eigenvalue weighted by Gasteiger charge is 2.20. The topological polar surface area (TPSA) is 58.4 Å². The Hall–Kier alpha value is -2.56. The molecule has 2 aromatic carbocycles. The predicted octanol–water partition coefficient (Wildman–Crippen LogP) is 2.79. The van der Waals surface area contributed by atoms with Crippen molar-refractivity contribution in [1.82, 2.24) is 5.32 Å². The Balaban J connectivity index is 1.62. The van der Waals surface area contributed by atoms with Crippen LogP contribution in [0.2, 0.25) is 0 Å². The maximum absolute atomic E-state index is 13.5. The molecular formula is C19H22FN3O. The molecule has 0 spiro atoms. The first-order valence-electron chi connectivity index (χ1n) is 8.18. The van der Waals surface area contributed by atoms with Crippen LogP contribution in [0.3, 0.4) is 0 Å². The molecule has 0 aromatic heterocycles. The van der Waals surface area contributed by atoms with E-state index in [1.54, 1.807) is 13.0 Å². The van der Waals surface area contributed by atoms with Crippen LogP contribution in [0.25, 0.3) is 0 Å². The van der Waals surface area contributed by atoms with Crippen LogP contribution in [0.5, 0.6) is 0 Å². The van der Waals surface area contributed by atoms with Gasteiger partial charge in [0, 0.05) is 24.5 Å². The number of rotatable bonds is 4. The van der Waals surface area contributed by atoms with Crippen molar-refractivity contribution in [1.29, 1.82) is 0 Å². The minimum atomic E-state index is -0.248. The van der Waals surface area contributed by atoms with Gasteiger partial charge in [0.1, 0.15) is 5.82 Å². The molecule has 2 aromatic rings. The minimum absolute atomic E-state index is 0.0775. The number of aryl methyl sites for hydroxylation is 1. The number of nitrogen functional groups attached to an aromatic ring is 1. The maximum Gasteiger partial charge on any atom is 0.239 e. The lowest BCUT2D eigenvalue weighted by Crippen LogP contribution is -2.39. The van der Waals surface area contributed by atoms with E-state index >= 15 is 0 Å². The van der Waals surface area contributed by atoms with Gasteiger partial charge >= 0.3 is 0 Å². The van der Waals surface area contributed by atoms with E-state index < -0.39 is 0 Å². The summed E-state index contributed by atoms with van der Waals surface area (Å²) in [5.74, 6) is -0.326. The minimum Gasteiger partial charge on any atom is -0.398 e. The van der Waals surface area contributed by atoms with Crippen molar-refractivity contribution < 1.29 is 9.18 Å². The van der Waals surface area contributed by atoms with Gasteiger partial charge in [0.05, 0.1) is 6.54 Å². The van der Waals surface area contributed by atoms with Crippen molar-refractivity contribution in [2.24, 2.45) is 0 Å². The summed E-state index contributed by atoms with van der Waals surface area (Å²) >= 11 is 0. The summed E-state index contributed by atoms with van der Waals surface area (Å²) < 4.78 is 13.5. The lowest BCUT2D eigenvalue weighted by Gasteiger charge is -2.31. The van der Waals surface area contributed by atoms with E-state index in [4.69, 9.17) is 5.73 Å². The van der Waals surface area contributed by atoms with Gasteiger partial charge in [-0.2, -0.15) is 0 Å². The van der Waals surface area contributed by atoms with Crippen molar-refractivity contribution in [3.8, 4) is 0 Å². The molecule has 4 nitrogen and oxygen atoms in total. The Labute approximate surface area is 141 Å². The molecule has 24 heavy (non-hydrogen) atoms. The van der Waals surface area contributed by atoms with Gasteiger partial charge in [-0.25, -0.2) is 4.39 Å². The molecule has 1 aliphatic heterocycles. The summed E-state index contributed by atoms with van der Waals surface area (Å²) in [6.07, 6.45) is 1.93. The lowest BCUT2D eigenvalue weighted by atomic mass is 10.00. The predicted molar refractivity (Wildman–Crippen MR) is 94.4 cm³/mol. The number of nitrogens with one attached hydrogen (secondary N) is 1. The van der Waals surface area contributed by atoms with Gasteiger partial charge in [0.15, 0.2) is 0 Å². The normalized spacial score (nSPS) is 13.5. The van der Waals surface area contributed by atoms with Crippen molar-refractivity contribution >= 4 is 17.3 Å². The second-order valence-corrected chi connectivity index (χ2v) is 6.23. The molecule has 126 valence electrons. The highest BCUT2D eigenvalue weighted by atomic mass is 19.1. The van der Waals surface area contributed by atoms with Crippen LogP contribution in [-0.4, -0.2) is 19.0 Å². The van der Waals surface area contributed by atoms with Crippen LogP contribution in [-0.2, 0) is 17.8 Å². The highest BCUT2D eigenvalue weighted by Crippen LogP contribution is 2.30. The van der Waals surface area contributed by atoms with E-state index in [1.807, 2.05) is 24.3 Å². The van der Waals surface area contributed by atoms with Gasteiger partial charge in [-0.15, -0.1) is 0 Å². The highest BCUT2D eigenvalue weighted by molar-refractivity contribution is 5.82. The fourth-order valence-corrected chi connectivity index (χ4v) is 3.07. The smallest absolute Gasteiger partial charge is 0.239 e. The third kappa shape index (κ3) is 3.50. The van der Waals surface area contributed by atoms with E-state index in [2.05, 4.69) is 10.2 Å². The van der Waals surface area contributed by atoms with Crippen molar-refractivity contribution in [3.05, 3.63) is 58.9 Å². The summed E-state index contributed by atoms with van der Waals surface area (Å²) in [6, 6.07) is 10.8. The van der Waals surface area contributed by atoms with Gasteiger partial charge in [0.25, 0.3) is 0 Å². The fraction of sp³-hybridized carbons (Fsp3) is 0.316. The standard InChI is InChI=1S/C19H22FN3O/c1-13-7-8-14(10-16(13)20)11-22-19(24)12-23-9-3-4-15-17(21)5-2-6-18(15)23/h2,5-8,10H,3-4,9,11-12,21H2,1H3,(H,22,24). The first-order chi connectivity index (χ1) is 11.5. The molecule has 1 amide bonds. The summed E-state index contributed by atoms with van der Waals surface area (Å²) in [5.41, 5.74) is 10.3. The van der Waals surface area contributed by atoms with Crippen LogP contribution in [0, 0.1) is 12.7 Å². The zero-order chi connectivity index (χ0) is 17.1. The second kappa shape index (κ2) is 6.91. The van der Waals surface area contributed by atoms with Crippen LogP contribution in [0.1, 0.15) is 23.1 Å². The van der Waals surface area contributed by atoms with Crippen LogP contribution in [0.4, 0.5) is 15.8 Å². The largest absolute Gasteiger partial charge is 0.398 e. The van der Waals surface area contributed by atoms with E-state index in [-0.39, 0.29) is 18.3 Å². The molecule has 0 saturated heterocycles. The average molecular weight is 327 g/mol. The Bertz CT molecular complexity index is 760. The molecule has 1 heterocycles. The molecule has 0 aliphatic carbocycles. The summed E-state index contributed by atoms with van der Waals surface area (Å²) in [5, 5.41) is 2.86. The quantitative estimate of drug-likeness (QED) is 0.849. The Kier molecular flexibility index (Phi) is 4.69. The number of amides is 1. The molecule has 5 heteroatoms. The lowest BCUT2D eigenvalue weighted by molar-refractivity contribution is -0.119. The summed E-state index contributed by atoms with van der Waals surface area (Å²) in [7, 11) is 0. The number of carbonyl (C=O) groups is 1. The van der Waals surface area contributed by atoms with Crippen LogP contribution in [0.15, 0.2) is 36.4 Å².